The molecule has 98 valence electrons. The summed E-state index contributed by atoms with van der Waals surface area (Å²) in [4.78, 5) is 15.2. The lowest BCUT2D eigenvalue weighted by Crippen LogP contribution is -2.11. The molecule has 2 aromatic rings. The zero-order valence-electron chi connectivity index (χ0n) is 9.98. The predicted octanol–water partition coefficient (Wildman–Crippen LogP) is 3.18. The highest BCUT2D eigenvalue weighted by Crippen LogP contribution is 2.25. The minimum Gasteiger partial charge on any atom is -0.439 e. The van der Waals surface area contributed by atoms with Crippen molar-refractivity contribution in [2.45, 2.75) is 6.92 Å². The molecule has 1 aromatic heterocycles. The Labute approximate surface area is 117 Å². The molecule has 0 saturated heterocycles. The van der Waals surface area contributed by atoms with Crippen LogP contribution in [0.1, 0.15) is 16.1 Å². The van der Waals surface area contributed by atoms with Gasteiger partial charge in [-0.1, -0.05) is 0 Å². The molecule has 1 heterocycles. The third-order valence-corrected chi connectivity index (χ3v) is 2.97. The number of aromatic nitrogens is 1. The summed E-state index contributed by atoms with van der Waals surface area (Å²) in [5.74, 6) is -0.539. The lowest BCUT2D eigenvalue weighted by molar-refractivity contribution is 0.0999. The second-order valence-corrected chi connectivity index (χ2v) is 4.73. The average molecular weight is 325 g/mol. The van der Waals surface area contributed by atoms with Gasteiger partial charge in [0, 0.05) is 23.4 Å². The van der Waals surface area contributed by atoms with E-state index in [9.17, 15) is 9.18 Å². The maximum atomic E-state index is 13.3. The number of carbonyl (C=O) groups excluding carboxylic acids is 1. The maximum Gasteiger partial charge on any atom is 0.248 e. The van der Waals surface area contributed by atoms with Crippen LogP contribution in [0.15, 0.2) is 34.8 Å². The molecule has 0 atom stereocenters. The van der Waals surface area contributed by atoms with Gasteiger partial charge in [-0.15, -0.1) is 0 Å². The molecular formula is C13H10BrFN2O2. The number of ether oxygens (including phenoxy) is 1. The van der Waals surface area contributed by atoms with Crippen molar-refractivity contribution in [3.05, 3.63) is 51.9 Å². The van der Waals surface area contributed by atoms with Gasteiger partial charge in [-0.25, -0.2) is 9.37 Å². The van der Waals surface area contributed by atoms with Crippen LogP contribution in [0.3, 0.4) is 0 Å². The highest BCUT2D eigenvalue weighted by molar-refractivity contribution is 9.10. The molecule has 0 radical (unpaired) electrons. The zero-order valence-corrected chi connectivity index (χ0v) is 11.6. The number of pyridine rings is 1. The van der Waals surface area contributed by atoms with Crippen LogP contribution in [0.4, 0.5) is 4.39 Å². The van der Waals surface area contributed by atoms with Crippen molar-refractivity contribution in [1.29, 1.82) is 0 Å². The van der Waals surface area contributed by atoms with E-state index in [1.165, 1.54) is 18.2 Å². The molecular weight excluding hydrogens is 315 g/mol. The summed E-state index contributed by atoms with van der Waals surface area (Å²) in [7, 11) is 0. The number of aryl methyl sites for hydroxylation is 1. The van der Waals surface area contributed by atoms with E-state index in [-0.39, 0.29) is 11.6 Å². The van der Waals surface area contributed by atoms with Crippen LogP contribution in [-0.4, -0.2) is 10.9 Å². The smallest absolute Gasteiger partial charge is 0.248 e. The van der Waals surface area contributed by atoms with E-state index < -0.39 is 11.7 Å². The highest BCUT2D eigenvalue weighted by Gasteiger charge is 2.08. The van der Waals surface area contributed by atoms with Crippen molar-refractivity contribution in [3.63, 3.8) is 0 Å². The Morgan fingerprint density at radius 3 is 2.74 bits per heavy atom. The van der Waals surface area contributed by atoms with Crippen LogP contribution < -0.4 is 10.5 Å². The summed E-state index contributed by atoms with van der Waals surface area (Å²) in [5, 5.41) is 0. The Hall–Kier alpha value is -1.95. The second-order valence-electron chi connectivity index (χ2n) is 3.88. The van der Waals surface area contributed by atoms with Crippen LogP contribution in [-0.2, 0) is 0 Å². The number of carbonyl (C=O) groups is 1. The first-order valence-electron chi connectivity index (χ1n) is 5.37. The van der Waals surface area contributed by atoms with Gasteiger partial charge >= 0.3 is 0 Å². The van der Waals surface area contributed by atoms with Gasteiger partial charge in [0.2, 0.25) is 11.8 Å². The Morgan fingerprint density at radius 1 is 1.37 bits per heavy atom. The zero-order chi connectivity index (χ0) is 14.0. The fourth-order valence-electron chi connectivity index (χ4n) is 1.49. The Morgan fingerprint density at radius 2 is 2.11 bits per heavy atom. The van der Waals surface area contributed by atoms with Crippen molar-refractivity contribution in [3.8, 4) is 11.6 Å². The summed E-state index contributed by atoms with van der Waals surface area (Å²) in [6.07, 6.45) is 0. The number of hydrogen-bond acceptors (Lipinski definition) is 3. The first kappa shape index (κ1) is 13.5. The number of rotatable bonds is 3. The van der Waals surface area contributed by atoms with Crippen molar-refractivity contribution in [1.82, 2.24) is 4.98 Å². The van der Waals surface area contributed by atoms with Gasteiger partial charge in [0.25, 0.3) is 0 Å². The molecule has 0 saturated carbocycles. The van der Waals surface area contributed by atoms with Crippen molar-refractivity contribution in [2.24, 2.45) is 5.73 Å². The van der Waals surface area contributed by atoms with Gasteiger partial charge in [0.1, 0.15) is 11.6 Å². The Balaban J connectivity index is 2.32. The number of nitrogens with zero attached hydrogens (tertiary/aromatic N) is 1. The molecule has 2 N–H and O–H groups in total. The summed E-state index contributed by atoms with van der Waals surface area (Å²) in [6.45, 7) is 1.71. The van der Waals surface area contributed by atoms with Crippen molar-refractivity contribution < 1.29 is 13.9 Å². The minimum atomic E-state index is -0.572. The maximum absolute atomic E-state index is 13.3. The number of nitrogens with two attached hydrogens (primary N) is 1. The molecule has 0 fully saturated rings. The normalized spacial score (nSPS) is 10.3. The van der Waals surface area contributed by atoms with E-state index >= 15 is 0 Å². The SMILES string of the molecule is Cc1cc(C(N)=O)cc(Oc2ccc(Br)c(F)c2)n1. The number of primary amides is 1. The van der Waals surface area contributed by atoms with Crippen LogP contribution in [0, 0.1) is 12.7 Å². The van der Waals surface area contributed by atoms with E-state index in [4.69, 9.17) is 10.5 Å². The van der Waals surface area contributed by atoms with Crippen LogP contribution in [0.2, 0.25) is 0 Å². The molecule has 0 spiro atoms. The number of hydrogen-bond donors (Lipinski definition) is 1. The topological polar surface area (TPSA) is 65.2 Å². The van der Waals surface area contributed by atoms with Crippen molar-refractivity contribution in [2.75, 3.05) is 0 Å². The predicted molar refractivity (Wildman–Crippen MR) is 71.7 cm³/mol. The molecule has 1 aromatic carbocycles. The van der Waals surface area contributed by atoms with Gasteiger partial charge in [-0.2, -0.15) is 0 Å². The Bertz CT molecular complexity index is 647. The van der Waals surface area contributed by atoms with E-state index in [1.54, 1.807) is 19.1 Å². The molecule has 2 rings (SSSR count). The van der Waals surface area contributed by atoms with E-state index in [0.717, 1.165) is 0 Å². The summed E-state index contributed by atoms with van der Waals surface area (Å²) < 4.78 is 19.1. The fourth-order valence-corrected chi connectivity index (χ4v) is 1.74. The van der Waals surface area contributed by atoms with Gasteiger partial charge in [-0.05, 0) is 41.1 Å². The number of halogens is 2. The average Bonchev–Trinajstić information content (AvgIpc) is 2.33. The summed E-state index contributed by atoms with van der Waals surface area (Å²) in [6, 6.07) is 7.29. The molecule has 0 aliphatic carbocycles. The number of benzene rings is 1. The van der Waals surface area contributed by atoms with Gasteiger partial charge < -0.3 is 10.5 Å². The van der Waals surface area contributed by atoms with Crippen LogP contribution in [0.25, 0.3) is 0 Å². The highest BCUT2D eigenvalue weighted by atomic mass is 79.9. The molecule has 19 heavy (non-hydrogen) atoms. The lowest BCUT2D eigenvalue weighted by atomic mass is 10.2. The summed E-state index contributed by atoms with van der Waals surface area (Å²) in [5.41, 5.74) is 6.08. The second kappa shape index (κ2) is 5.36. The van der Waals surface area contributed by atoms with E-state index in [1.807, 2.05) is 0 Å². The molecule has 0 unspecified atom stereocenters. The quantitative estimate of drug-likeness (QED) is 0.942. The Kier molecular flexibility index (Phi) is 3.80. The fraction of sp³-hybridized carbons (Fsp3) is 0.0769. The van der Waals surface area contributed by atoms with E-state index in [2.05, 4.69) is 20.9 Å². The van der Waals surface area contributed by atoms with Gasteiger partial charge in [0.15, 0.2) is 0 Å². The molecule has 6 heteroatoms. The van der Waals surface area contributed by atoms with Crippen LogP contribution >= 0.6 is 15.9 Å². The monoisotopic (exact) mass is 324 g/mol. The summed E-state index contributed by atoms with van der Waals surface area (Å²) >= 11 is 3.05. The molecule has 0 bridgehead atoms. The molecule has 1 amide bonds. The van der Waals surface area contributed by atoms with Crippen molar-refractivity contribution >= 4 is 21.8 Å². The number of amides is 1. The molecule has 0 aliphatic rings. The first-order chi connectivity index (χ1) is 8.95. The lowest BCUT2D eigenvalue weighted by Gasteiger charge is -2.07. The standard InChI is InChI=1S/C13H10BrFN2O2/c1-7-4-8(13(16)18)5-12(17-7)19-9-2-3-10(14)11(15)6-9/h2-6H,1H3,(H2,16,18). The third kappa shape index (κ3) is 3.29. The van der Waals surface area contributed by atoms with Crippen LogP contribution in [0.5, 0.6) is 11.6 Å². The van der Waals surface area contributed by atoms with E-state index in [0.29, 0.717) is 15.7 Å². The molecule has 0 aliphatic heterocycles. The van der Waals surface area contributed by atoms with Gasteiger partial charge in [-0.3, -0.25) is 4.79 Å². The third-order valence-electron chi connectivity index (χ3n) is 2.33. The minimum absolute atomic E-state index is 0.190. The largest absolute Gasteiger partial charge is 0.439 e. The first-order valence-corrected chi connectivity index (χ1v) is 6.16. The van der Waals surface area contributed by atoms with Gasteiger partial charge in [0.05, 0.1) is 4.47 Å². The molecule has 4 nitrogen and oxygen atoms in total.